The van der Waals surface area contributed by atoms with Gasteiger partial charge in [-0.25, -0.2) is 0 Å². The van der Waals surface area contributed by atoms with Crippen LogP contribution in [0.2, 0.25) is 0 Å². The van der Waals surface area contributed by atoms with Gasteiger partial charge in [0.15, 0.2) is 11.5 Å². The van der Waals surface area contributed by atoms with Gasteiger partial charge in [-0.3, -0.25) is 0 Å². The summed E-state index contributed by atoms with van der Waals surface area (Å²) in [4.78, 5) is 2.46. The van der Waals surface area contributed by atoms with Crippen molar-refractivity contribution in [2.24, 2.45) is 0 Å². The largest absolute Gasteiger partial charge is 0.454 e. The van der Waals surface area contributed by atoms with E-state index in [9.17, 15) is 0 Å². The SMILES string of the molecule is CN1CCCC1Cn1ccc2cc3c(cc21)OCO3. The molecule has 0 bridgehead atoms. The Balaban J connectivity index is 1.70. The summed E-state index contributed by atoms with van der Waals surface area (Å²) in [6.07, 6.45) is 4.78. The third-order valence-electron chi connectivity index (χ3n) is 4.34. The van der Waals surface area contributed by atoms with E-state index >= 15 is 0 Å². The maximum Gasteiger partial charge on any atom is 0.231 e. The molecule has 1 fully saturated rings. The third kappa shape index (κ3) is 1.78. The van der Waals surface area contributed by atoms with Crippen molar-refractivity contribution in [3.05, 3.63) is 24.4 Å². The lowest BCUT2D eigenvalue weighted by molar-refractivity contribution is 0.174. The molecule has 1 aromatic heterocycles. The van der Waals surface area contributed by atoms with Crippen molar-refractivity contribution in [3.63, 3.8) is 0 Å². The van der Waals surface area contributed by atoms with Crippen molar-refractivity contribution in [2.45, 2.75) is 25.4 Å². The van der Waals surface area contributed by atoms with Crippen molar-refractivity contribution in [1.82, 2.24) is 9.47 Å². The van der Waals surface area contributed by atoms with Gasteiger partial charge in [-0.15, -0.1) is 0 Å². The van der Waals surface area contributed by atoms with E-state index in [2.05, 4.69) is 40.9 Å². The lowest BCUT2D eigenvalue weighted by Crippen LogP contribution is -2.28. The second-order valence-electron chi connectivity index (χ2n) is 5.51. The van der Waals surface area contributed by atoms with Gasteiger partial charge >= 0.3 is 0 Å². The Labute approximate surface area is 112 Å². The van der Waals surface area contributed by atoms with E-state index < -0.39 is 0 Å². The third-order valence-corrected chi connectivity index (χ3v) is 4.34. The number of nitrogens with zero attached hydrogens (tertiary/aromatic N) is 2. The lowest BCUT2D eigenvalue weighted by Gasteiger charge is -2.20. The summed E-state index contributed by atoms with van der Waals surface area (Å²) < 4.78 is 13.2. The minimum Gasteiger partial charge on any atom is -0.454 e. The van der Waals surface area contributed by atoms with Crippen LogP contribution in [0.5, 0.6) is 11.5 Å². The Hall–Kier alpha value is -1.68. The van der Waals surface area contributed by atoms with Crippen molar-refractivity contribution < 1.29 is 9.47 Å². The summed E-state index contributed by atoms with van der Waals surface area (Å²) >= 11 is 0. The Bertz CT molecular complexity index is 620. The fourth-order valence-corrected chi connectivity index (χ4v) is 3.18. The summed E-state index contributed by atoms with van der Waals surface area (Å²) in [5.74, 6) is 1.73. The molecular formula is C15H18N2O2. The van der Waals surface area contributed by atoms with Gasteiger partial charge in [0.25, 0.3) is 0 Å². The van der Waals surface area contributed by atoms with Gasteiger partial charge in [0.05, 0.1) is 5.52 Å². The highest BCUT2D eigenvalue weighted by molar-refractivity contribution is 5.84. The highest BCUT2D eigenvalue weighted by Gasteiger charge is 2.22. The minimum absolute atomic E-state index is 0.341. The zero-order valence-corrected chi connectivity index (χ0v) is 11.1. The van der Waals surface area contributed by atoms with Crippen LogP contribution in [0, 0.1) is 0 Å². The molecular weight excluding hydrogens is 240 g/mol. The lowest BCUT2D eigenvalue weighted by atomic mass is 10.2. The molecule has 1 atom stereocenters. The fourth-order valence-electron chi connectivity index (χ4n) is 3.18. The highest BCUT2D eigenvalue weighted by Crippen LogP contribution is 2.36. The molecule has 100 valence electrons. The van der Waals surface area contributed by atoms with Crippen molar-refractivity contribution in [2.75, 3.05) is 20.4 Å². The molecule has 1 unspecified atom stereocenters. The molecule has 2 aliphatic rings. The number of hydrogen-bond acceptors (Lipinski definition) is 3. The first-order valence-electron chi connectivity index (χ1n) is 6.90. The molecule has 4 heteroatoms. The van der Waals surface area contributed by atoms with Gasteiger partial charge in [-0.05, 0) is 38.6 Å². The molecule has 0 spiro atoms. The second-order valence-corrected chi connectivity index (χ2v) is 5.51. The van der Waals surface area contributed by atoms with Crippen LogP contribution in [-0.2, 0) is 6.54 Å². The van der Waals surface area contributed by atoms with Crippen LogP contribution in [-0.4, -0.2) is 35.9 Å². The number of likely N-dealkylation sites (tertiary alicyclic amines) is 1. The molecule has 0 N–H and O–H groups in total. The van der Waals surface area contributed by atoms with Gasteiger partial charge in [0, 0.05) is 30.2 Å². The standard InChI is InChI=1S/C15H18N2O2/c1-16-5-2-3-12(16)9-17-6-4-11-7-14-15(8-13(11)17)19-10-18-14/h4,6-8,12H,2-3,5,9-10H2,1H3. The van der Waals surface area contributed by atoms with Crippen LogP contribution in [0.4, 0.5) is 0 Å². The van der Waals surface area contributed by atoms with E-state index in [1.54, 1.807) is 0 Å². The molecule has 0 radical (unpaired) electrons. The van der Waals surface area contributed by atoms with Crippen molar-refractivity contribution >= 4 is 10.9 Å². The molecule has 1 saturated heterocycles. The first-order valence-corrected chi connectivity index (χ1v) is 6.90. The van der Waals surface area contributed by atoms with E-state index in [0.29, 0.717) is 12.8 Å². The smallest absolute Gasteiger partial charge is 0.231 e. The molecule has 0 saturated carbocycles. The van der Waals surface area contributed by atoms with Gasteiger partial charge < -0.3 is 18.9 Å². The van der Waals surface area contributed by atoms with E-state index in [0.717, 1.165) is 18.0 Å². The van der Waals surface area contributed by atoms with Crippen LogP contribution in [0.1, 0.15) is 12.8 Å². The molecule has 1 aromatic carbocycles. The molecule has 2 aliphatic heterocycles. The quantitative estimate of drug-likeness (QED) is 0.828. The van der Waals surface area contributed by atoms with Gasteiger partial charge in [-0.2, -0.15) is 0 Å². The number of benzene rings is 1. The number of hydrogen-bond donors (Lipinski definition) is 0. The molecule has 0 amide bonds. The van der Waals surface area contributed by atoms with Gasteiger partial charge in [0.2, 0.25) is 6.79 Å². The van der Waals surface area contributed by atoms with Crippen LogP contribution in [0.3, 0.4) is 0 Å². The number of ether oxygens (including phenoxy) is 2. The fraction of sp³-hybridized carbons (Fsp3) is 0.467. The first-order chi connectivity index (χ1) is 9.31. The summed E-state index contributed by atoms with van der Waals surface area (Å²) in [6, 6.07) is 6.99. The molecule has 3 heterocycles. The number of likely N-dealkylation sites (N-methyl/N-ethyl adjacent to an activating group) is 1. The number of fused-ring (bicyclic) bond motifs is 2. The van der Waals surface area contributed by atoms with Crippen LogP contribution >= 0.6 is 0 Å². The molecule has 4 rings (SSSR count). The Morgan fingerprint density at radius 2 is 2.11 bits per heavy atom. The molecule has 4 nitrogen and oxygen atoms in total. The average molecular weight is 258 g/mol. The first kappa shape index (κ1) is 11.2. The predicted molar refractivity (Wildman–Crippen MR) is 73.7 cm³/mol. The maximum atomic E-state index is 5.48. The summed E-state index contributed by atoms with van der Waals surface area (Å²) in [5, 5.41) is 1.23. The summed E-state index contributed by atoms with van der Waals surface area (Å²) in [5.41, 5.74) is 1.24. The Morgan fingerprint density at radius 3 is 2.89 bits per heavy atom. The summed E-state index contributed by atoms with van der Waals surface area (Å²) in [7, 11) is 2.22. The van der Waals surface area contributed by atoms with Crippen LogP contribution in [0.25, 0.3) is 10.9 Å². The molecule has 0 aliphatic carbocycles. The minimum atomic E-state index is 0.341. The topological polar surface area (TPSA) is 26.6 Å². The maximum absolute atomic E-state index is 5.48. The second kappa shape index (κ2) is 4.17. The highest BCUT2D eigenvalue weighted by atomic mass is 16.7. The van der Waals surface area contributed by atoms with Crippen molar-refractivity contribution in [3.8, 4) is 11.5 Å². The number of aromatic nitrogens is 1. The zero-order valence-electron chi connectivity index (χ0n) is 11.1. The Kier molecular flexibility index (Phi) is 2.45. The zero-order chi connectivity index (χ0) is 12.8. The van der Waals surface area contributed by atoms with Crippen LogP contribution in [0.15, 0.2) is 24.4 Å². The van der Waals surface area contributed by atoms with Gasteiger partial charge in [-0.1, -0.05) is 0 Å². The monoisotopic (exact) mass is 258 g/mol. The Morgan fingerprint density at radius 1 is 1.26 bits per heavy atom. The van der Waals surface area contributed by atoms with E-state index in [4.69, 9.17) is 9.47 Å². The van der Waals surface area contributed by atoms with Gasteiger partial charge in [0.1, 0.15) is 0 Å². The molecule has 2 aromatic rings. The van der Waals surface area contributed by atoms with E-state index in [-0.39, 0.29) is 0 Å². The van der Waals surface area contributed by atoms with E-state index in [1.165, 1.54) is 30.3 Å². The normalized spacial score (nSPS) is 22.5. The number of rotatable bonds is 2. The molecule has 19 heavy (non-hydrogen) atoms. The summed E-state index contributed by atoms with van der Waals surface area (Å²) in [6.45, 7) is 2.61. The predicted octanol–water partition coefficient (Wildman–Crippen LogP) is 2.46. The van der Waals surface area contributed by atoms with Crippen molar-refractivity contribution in [1.29, 1.82) is 0 Å². The van der Waals surface area contributed by atoms with Crippen LogP contribution < -0.4 is 9.47 Å². The average Bonchev–Trinajstić information content (AvgIpc) is 3.09. The van der Waals surface area contributed by atoms with E-state index in [1.807, 2.05) is 0 Å².